The van der Waals surface area contributed by atoms with Crippen molar-refractivity contribution < 1.29 is 25.2 Å². The number of aliphatic hydroxyl groups excluding tert-OH is 3. The van der Waals surface area contributed by atoms with Crippen molar-refractivity contribution in [1.82, 2.24) is 4.98 Å². The molecule has 0 amide bonds. The second kappa shape index (κ2) is 7.78. The van der Waals surface area contributed by atoms with E-state index in [1.54, 1.807) is 12.1 Å². The maximum absolute atomic E-state index is 11.3. The zero-order valence-corrected chi connectivity index (χ0v) is 13.6. The maximum Gasteiger partial charge on any atom is 0.353 e. The number of aromatic nitrogens is 1. The topological polar surface area (TPSA) is 140 Å². The van der Waals surface area contributed by atoms with Gasteiger partial charge in [0.05, 0.1) is 24.8 Å². The Labute approximate surface area is 143 Å². The molecular weight excluding hydrogens is 336 g/mol. The summed E-state index contributed by atoms with van der Waals surface area (Å²) in [5, 5.41) is 38.0. The molecule has 2 rings (SSSR count). The van der Waals surface area contributed by atoms with Crippen molar-refractivity contribution >= 4 is 17.6 Å². The van der Waals surface area contributed by atoms with Crippen LogP contribution in [0.15, 0.2) is 12.1 Å². The first-order chi connectivity index (χ1) is 11.5. The Bertz CT molecular complexity index is 757. The lowest BCUT2D eigenvalue weighted by molar-refractivity contribution is 0.0691. The molecule has 7 N–H and O–H groups in total. The number of H-pyrrole nitrogens is 1. The molecule has 0 fully saturated rings. The predicted octanol–water partition coefficient (Wildman–Crippen LogP) is 1.01. The van der Waals surface area contributed by atoms with Gasteiger partial charge in [0.25, 0.3) is 0 Å². The van der Waals surface area contributed by atoms with Crippen LogP contribution in [0.2, 0.25) is 5.02 Å². The predicted molar refractivity (Wildman–Crippen MR) is 88.7 cm³/mol. The molecule has 1 aromatic carbocycles. The lowest BCUT2D eigenvalue weighted by Gasteiger charge is -2.16. The first kappa shape index (κ1) is 18.4. The van der Waals surface area contributed by atoms with Crippen molar-refractivity contribution in [3.63, 3.8) is 0 Å². The Hall–Kier alpha value is -1.90. The molecule has 1 aromatic heterocycles. The summed E-state index contributed by atoms with van der Waals surface area (Å²) in [5.41, 5.74) is 8.16. The highest BCUT2D eigenvalue weighted by molar-refractivity contribution is 6.36. The second-order valence-corrected chi connectivity index (χ2v) is 5.59. The van der Waals surface area contributed by atoms with Crippen molar-refractivity contribution in [2.75, 3.05) is 6.54 Å². The molecule has 0 saturated carbocycles. The number of carboxylic acids is 1. The SMILES string of the molecule is NCCc1[nH]c(C(=O)O)c(Cl)c1-c1ccc(CO)c(CO)c1CO. The summed E-state index contributed by atoms with van der Waals surface area (Å²) in [6.45, 7) is -0.788. The number of rotatable bonds is 7. The van der Waals surface area contributed by atoms with Gasteiger partial charge in [0.1, 0.15) is 5.69 Å². The molecule has 0 bridgehead atoms. The second-order valence-electron chi connectivity index (χ2n) is 5.22. The molecule has 7 nitrogen and oxygen atoms in total. The zero-order chi connectivity index (χ0) is 17.9. The molecule has 1 heterocycles. The standard InChI is InChI=1S/C16H19ClN2O5/c17-14-13(12(3-4-18)19-15(14)16(23)24)9-2-1-8(5-20)10(6-21)11(9)7-22/h1-2,19-22H,3-7,18H2,(H,23,24). The molecule has 0 spiro atoms. The number of aliphatic hydroxyl groups is 3. The van der Waals surface area contributed by atoms with E-state index in [1.807, 2.05) is 0 Å². The van der Waals surface area contributed by atoms with Crippen LogP contribution in [0.25, 0.3) is 11.1 Å². The number of aromatic carboxylic acids is 1. The van der Waals surface area contributed by atoms with Gasteiger partial charge in [-0.1, -0.05) is 23.7 Å². The van der Waals surface area contributed by atoms with Gasteiger partial charge in [0.2, 0.25) is 0 Å². The van der Waals surface area contributed by atoms with E-state index in [9.17, 15) is 25.2 Å². The van der Waals surface area contributed by atoms with Crippen molar-refractivity contribution in [3.8, 4) is 11.1 Å². The third-order valence-electron chi connectivity index (χ3n) is 3.91. The summed E-state index contributed by atoms with van der Waals surface area (Å²) in [7, 11) is 0. The molecule has 2 aromatic rings. The summed E-state index contributed by atoms with van der Waals surface area (Å²) >= 11 is 6.25. The van der Waals surface area contributed by atoms with Crippen LogP contribution in [0.3, 0.4) is 0 Å². The van der Waals surface area contributed by atoms with Gasteiger partial charge in [-0.05, 0) is 28.8 Å². The van der Waals surface area contributed by atoms with Crippen molar-refractivity contribution in [2.45, 2.75) is 26.2 Å². The van der Waals surface area contributed by atoms with E-state index in [1.165, 1.54) is 0 Å². The summed E-state index contributed by atoms with van der Waals surface area (Å²) < 4.78 is 0. The van der Waals surface area contributed by atoms with Crippen molar-refractivity contribution in [1.29, 1.82) is 0 Å². The van der Waals surface area contributed by atoms with Gasteiger partial charge in [-0.15, -0.1) is 0 Å². The summed E-state index contributed by atoms with van der Waals surface area (Å²) in [5.74, 6) is -1.20. The van der Waals surface area contributed by atoms with Crippen LogP contribution >= 0.6 is 11.6 Å². The fraction of sp³-hybridized carbons (Fsp3) is 0.312. The number of aromatic amines is 1. The van der Waals surface area contributed by atoms with Gasteiger partial charge >= 0.3 is 5.97 Å². The zero-order valence-electron chi connectivity index (χ0n) is 12.8. The van der Waals surface area contributed by atoms with Crippen molar-refractivity contribution in [3.05, 3.63) is 45.2 Å². The van der Waals surface area contributed by atoms with Gasteiger partial charge in [-0.25, -0.2) is 4.79 Å². The summed E-state index contributed by atoms with van der Waals surface area (Å²) in [6.07, 6.45) is 0.364. The Morgan fingerprint density at radius 2 is 1.79 bits per heavy atom. The first-order valence-electron chi connectivity index (χ1n) is 7.30. The van der Waals surface area contributed by atoms with E-state index < -0.39 is 12.6 Å². The van der Waals surface area contributed by atoms with Crippen molar-refractivity contribution in [2.24, 2.45) is 5.73 Å². The third-order valence-corrected chi connectivity index (χ3v) is 4.29. The Balaban J connectivity index is 2.78. The average Bonchev–Trinajstić information content (AvgIpc) is 2.90. The van der Waals surface area contributed by atoms with Crippen LogP contribution in [0, 0.1) is 0 Å². The van der Waals surface area contributed by atoms with E-state index in [4.69, 9.17) is 17.3 Å². The lowest BCUT2D eigenvalue weighted by atomic mass is 9.92. The van der Waals surface area contributed by atoms with Crippen LogP contribution in [0.1, 0.15) is 32.9 Å². The quantitative estimate of drug-likeness (QED) is 0.438. The van der Waals surface area contributed by atoms with Crippen LogP contribution in [-0.2, 0) is 26.2 Å². The van der Waals surface area contributed by atoms with Gasteiger partial charge in [0.15, 0.2) is 0 Å². The number of nitrogens with one attached hydrogen (secondary N) is 1. The Kier molecular flexibility index (Phi) is 5.98. The van der Waals surface area contributed by atoms with Gasteiger partial charge in [0, 0.05) is 17.7 Å². The fourth-order valence-corrected chi connectivity index (χ4v) is 3.13. The van der Waals surface area contributed by atoms with E-state index in [0.29, 0.717) is 39.9 Å². The molecule has 0 unspecified atom stereocenters. The highest BCUT2D eigenvalue weighted by Crippen LogP contribution is 2.38. The molecule has 24 heavy (non-hydrogen) atoms. The minimum Gasteiger partial charge on any atom is -0.477 e. The van der Waals surface area contributed by atoms with E-state index in [0.717, 1.165) is 0 Å². The van der Waals surface area contributed by atoms with Crippen LogP contribution in [-0.4, -0.2) is 37.9 Å². The number of carbonyl (C=O) groups is 1. The number of carboxylic acid groups (broad SMARTS) is 1. The van der Waals surface area contributed by atoms with E-state index in [2.05, 4.69) is 4.98 Å². The number of halogens is 1. The highest BCUT2D eigenvalue weighted by Gasteiger charge is 2.24. The van der Waals surface area contributed by atoms with Gasteiger partial charge in [-0.2, -0.15) is 0 Å². The fourth-order valence-electron chi connectivity index (χ4n) is 2.79. The minimum absolute atomic E-state index is 0.0151. The van der Waals surface area contributed by atoms with E-state index >= 15 is 0 Å². The van der Waals surface area contributed by atoms with Crippen LogP contribution < -0.4 is 5.73 Å². The molecule has 8 heteroatoms. The molecule has 0 aliphatic rings. The number of nitrogens with two attached hydrogens (primary N) is 1. The first-order valence-corrected chi connectivity index (χ1v) is 7.68. The molecule has 0 atom stereocenters. The molecular formula is C16H19ClN2O5. The smallest absolute Gasteiger partial charge is 0.353 e. The average molecular weight is 355 g/mol. The molecule has 0 saturated heterocycles. The number of benzene rings is 1. The van der Waals surface area contributed by atoms with Crippen LogP contribution in [0.4, 0.5) is 0 Å². The normalized spacial score (nSPS) is 11.0. The Morgan fingerprint density at radius 1 is 1.12 bits per heavy atom. The number of hydrogen-bond acceptors (Lipinski definition) is 5. The molecule has 0 aliphatic carbocycles. The lowest BCUT2D eigenvalue weighted by Crippen LogP contribution is -2.06. The maximum atomic E-state index is 11.3. The van der Waals surface area contributed by atoms with Gasteiger partial charge < -0.3 is 31.1 Å². The largest absolute Gasteiger partial charge is 0.477 e. The highest BCUT2D eigenvalue weighted by atomic mass is 35.5. The molecule has 130 valence electrons. The third kappa shape index (κ3) is 3.17. The summed E-state index contributed by atoms with van der Waals surface area (Å²) in [4.78, 5) is 14.1. The van der Waals surface area contributed by atoms with E-state index in [-0.39, 0.29) is 30.5 Å². The monoisotopic (exact) mass is 354 g/mol. The van der Waals surface area contributed by atoms with Crippen LogP contribution in [0.5, 0.6) is 0 Å². The Morgan fingerprint density at radius 3 is 2.29 bits per heavy atom. The molecule has 0 radical (unpaired) electrons. The summed E-state index contributed by atoms with van der Waals surface area (Å²) in [6, 6.07) is 3.24. The number of hydrogen-bond donors (Lipinski definition) is 6. The minimum atomic E-state index is -1.20. The molecule has 0 aliphatic heterocycles. The van der Waals surface area contributed by atoms with Gasteiger partial charge in [-0.3, -0.25) is 0 Å².